The zero-order chi connectivity index (χ0) is 30.5. The number of aromatic nitrogens is 1. The van der Waals surface area contributed by atoms with Crippen molar-refractivity contribution in [2.45, 2.75) is 13.0 Å². The first-order chi connectivity index (χ1) is 20.6. The Kier molecular flexibility index (Phi) is 7.45. The summed E-state index contributed by atoms with van der Waals surface area (Å²) in [5, 5.41) is 3.89. The molecule has 3 aromatic carbocycles. The van der Waals surface area contributed by atoms with Crippen LogP contribution in [-0.2, 0) is 27.8 Å². The van der Waals surface area contributed by atoms with Crippen molar-refractivity contribution >= 4 is 43.9 Å². The lowest BCUT2D eigenvalue weighted by Crippen LogP contribution is -2.25. The fraction of sp³-hybridized carbons (Fsp3) is 0.226. The third-order valence-corrected chi connectivity index (χ3v) is 9.74. The quantitative estimate of drug-likeness (QED) is 0.242. The molecule has 0 radical (unpaired) electrons. The number of furan rings is 1. The number of nitrogens with zero attached hydrogens (tertiary/aromatic N) is 2. The summed E-state index contributed by atoms with van der Waals surface area (Å²) in [4.78, 5) is 19.1. The van der Waals surface area contributed by atoms with Crippen LogP contribution >= 0.6 is 11.3 Å². The second-order valence-electron chi connectivity index (χ2n) is 10.1. The maximum absolute atomic E-state index is 13.7. The Hall–Kier alpha value is -4.26. The van der Waals surface area contributed by atoms with Gasteiger partial charge in [0.25, 0.3) is 5.91 Å². The Morgan fingerprint density at radius 2 is 1.84 bits per heavy atom. The van der Waals surface area contributed by atoms with Crippen LogP contribution in [0.5, 0.6) is 5.75 Å². The zero-order valence-electron chi connectivity index (χ0n) is 23.9. The lowest BCUT2D eigenvalue weighted by Gasteiger charge is -2.21. The maximum atomic E-state index is 13.7. The number of methoxy groups -OCH3 is 1. The topological polar surface area (TPSA) is 111 Å². The molecule has 2 aromatic heterocycles. The Labute approximate surface area is 251 Å². The Morgan fingerprint density at radius 1 is 1.09 bits per heavy atom. The van der Waals surface area contributed by atoms with Gasteiger partial charge in [-0.05, 0) is 48.0 Å². The highest BCUT2D eigenvalue weighted by Gasteiger charge is 2.27. The monoisotopic (exact) mass is 621 g/mol. The number of thiazole rings is 1. The summed E-state index contributed by atoms with van der Waals surface area (Å²) >= 11 is 1.53. The van der Waals surface area contributed by atoms with Crippen molar-refractivity contribution in [1.29, 1.82) is 0 Å². The van der Waals surface area contributed by atoms with E-state index in [1.807, 2.05) is 18.2 Å². The molecule has 1 aliphatic rings. The highest BCUT2D eigenvalue weighted by atomic mass is 32.2. The van der Waals surface area contributed by atoms with Crippen LogP contribution in [0.3, 0.4) is 0 Å². The van der Waals surface area contributed by atoms with Gasteiger partial charge in [-0.1, -0.05) is 6.07 Å². The predicted molar refractivity (Wildman–Crippen MR) is 165 cm³/mol. The van der Waals surface area contributed by atoms with Crippen LogP contribution in [0.25, 0.3) is 44.0 Å². The maximum Gasteiger partial charge on any atom is 0.255 e. The molecule has 1 N–H and O–H groups in total. The largest absolute Gasteiger partial charge is 0.496 e. The van der Waals surface area contributed by atoms with Gasteiger partial charge in [0, 0.05) is 43.1 Å². The molecule has 0 saturated heterocycles. The van der Waals surface area contributed by atoms with Gasteiger partial charge in [-0.25, -0.2) is 17.8 Å². The van der Waals surface area contributed by atoms with Crippen LogP contribution in [0.1, 0.15) is 20.9 Å². The number of halogens is 1. The number of sulfonamides is 1. The van der Waals surface area contributed by atoms with E-state index in [1.165, 1.54) is 54.0 Å². The average Bonchev–Trinajstić information content (AvgIpc) is 3.61. The van der Waals surface area contributed by atoms with E-state index in [4.69, 9.17) is 18.9 Å². The molecule has 0 bridgehead atoms. The molecule has 9 nitrogen and oxygen atoms in total. The van der Waals surface area contributed by atoms with Crippen molar-refractivity contribution in [3.63, 3.8) is 0 Å². The number of carbonyl (C=O) groups is 1. The molecule has 43 heavy (non-hydrogen) atoms. The van der Waals surface area contributed by atoms with Gasteiger partial charge in [-0.3, -0.25) is 9.10 Å². The number of fused-ring (bicyclic) bond motifs is 2. The molecular formula is C31H28FN3O6S2. The van der Waals surface area contributed by atoms with Gasteiger partial charge < -0.3 is 19.2 Å². The zero-order valence-corrected chi connectivity index (χ0v) is 25.5. The molecule has 12 heteroatoms. The number of nitrogens with one attached hydrogen (secondary N) is 1. The van der Waals surface area contributed by atoms with E-state index in [9.17, 15) is 17.6 Å². The predicted octanol–water partition coefficient (Wildman–Crippen LogP) is 5.87. The standard InChI is InChI=1S/C31H28FN3O6S2/c1-33-30(36)28-21-14-20(18-7-10-25(39-3)22(13-18)31-34-23-11-12-40-16-27(23)42-31)24(35(2)43(4,37)38)15-26(21)41-29(28)17-5-8-19(32)9-6-17/h5-10,13-15H,11-12,16H2,1-4H3,(H,33,36). The molecule has 5 aromatic rings. The number of rotatable bonds is 7. The average molecular weight is 622 g/mol. The van der Waals surface area contributed by atoms with E-state index in [2.05, 4.69) is 5.32 Å². The Balaban J connectivity index is 1.61. The summed E-state index contributed by atoms with van der Waals surface area (Å²) < 4.78 is 57.9. The fourth-order valence-corrected chi connectivity index (χ4v) is 6.72. The Bertz CT molecular complexity index is 1960. The van der Waals surface area contributed by atoms with Crippen LogP contribution in [0, 0.1) is 5.82 Å². The van der Waals surface area contributed by atoms with E-state index in [0.29, 0.717) is 52.3 Å². The van der Waals surface area contributed by atoms with Crippen molar-refractivity contribution in [2.24, 2.45) is 0 Å². The van der Waals surface area contributed by atoms with Crippen molar-refractivity contribution < 1.29 is 31.5 Å². The number of hydrogen-bond donors (Lipinski definition) is 1. The molecular weight excluding hydrogens is 593 g/mol. The fourth-order valence-electron chi connectivity index (χ4n) is 5.14. The normalized spacial score (nSPS) is 13.1. The third-order valence-electron chi connectivity index (χ3n) is 7.44. The van der Waals surface area contributed by atoms with Gasteiger partial charge in [-0.2, -0.15) is 0 Å². The van der Waals surface area contributed by atoms with Crippen molar-refractivity contribution in [1.82, 2.24) is 10.3 Å². The molecule has 0 atom stereocenters. The number of carbonyl (C=O) groups excluding carboxylic acids is 1. The van der Waals surface area contributed by atoms with Crippen molar-refractivity contribution in [3.8, 4) is 38.8 Å². The van der Waals surface area contributed by atoms with E-state index in [0.717, 1.165) is 33.8 Å². The van der Waals surface area contributed by atoms with E-state index in [-0.39, 0.29) is 11.3 Å². The molecule has 6 rings (SSSR count). The lowest BCUT2D eigenvalue weighted by atomic mass is 9.97. The minimum absolute atomic E-state index is 0.241. The summed E-state index contributed by atoms with van der Waals surface area (Å²) in [5.74, 6) is 0.0251. The van der Waals surface area contributed by atoms with Crippen LogP contribution in [-0.4, -0.2) is 53.4 Å². The van der Waals surface area contributed by atoms with Gasteiger partial charge in [0.1, 0.15) is 27.9 Å². The van der Waals surface area contributed by atoms with Crippen molar-refractivity contribution in [3.05, 3.63) is 76.5 Å². The molecule has 0 spiro atoms. The molecule has 3 heterocycles. The molecule has 1 aliphatic heterocycles. The highest BCUT2D eigenvalue weighted by Crippen LogP contribution is 2.44. The SMILES string of the molecule is CNC(=O)c1c(-c2ccc(F)cc2)oc2cc(N(C)S(C)(=O)=O)c(-c3ccc(OC)c(-c4nc5c(s4)COCC5)c3)cc12. The van der Waals surface area contributed by atoms with Crippen LogP contribution in [0.15, 0.2) is 59.0 Å². The van der Waals surface area contributed by atoms with Gasteiger partial charge in [-0.15, -0.1) is 11.3 Å². The Morgan fingerprint density at radius 3 is 2.51 bits per heavy atom. The van der Waals surface area contributed by atoms with Crippen molar-refractivity contribution in [2.75, 3.05) is 38.4 Å². The summed E-state index contributed by atoms with van der Waals surface area (Å²) in [7, 11) is 0.866. The molecule has 1 amide bonds. The van der Waals surface area contributed by atoms with Gasteiger partial charge in [0.05, 0.1) is 54.0 Å². The molecule has 0 aliphatic carbocycles. The number of amides is 1. The van der Waals surface area contributed by atoms with E-state index in [1.54, 1.807) is 19.2 Å². The van der Waals surface area contributed by atoms with Gasteiger partial charge in [0.15, 0.2) is 0 Å². The molecule has 0 unspecified atom stereocenters. The number of hydrogen-bond acceptors (Lipinski definition) is 8. The van der Waals surface area contributed by atoms with E-state index >= 15 is 0 Å². The molecule has 0 fully saturated rings. The van der Waals surface area contributed by atoms with Gasteiger partial charge in [0.2, 0.25) is 10.0 Å². The minimum atomic E-state index is -3.69. The van der Waals surface area contributed by atoms with Crippen LogP contribution in [0.4, 0.5) is 10.1 Å². The number of ether oxygens (including phenoxy) is 2. The highest BCUT2D eigenvalue weighted by molar-refractivity contribution is 7.92. The molecule has 222 valence electrons. The van der Waals surface area contributed by atoms with E-state index < -0.39 is 21.7 Å². The number of anilines is 1. The summed E-state index contributed by atoms with van der Waals surface area (Å²) in [6, 6.07) is 14.5. The molecule has 0 saturated carbocycles. The summed E-state index contributed by atoms with van der Waals surface area (Å²) in [5.41, 5.74) is 4.37. The van der Waals surface area contributed by atoms with Crippen LogP contribution < -0.4 is 14.4 Å². The summed E-state index contributed by atoms with van der Waals surface area (Å²) in [6.45, 7) is 1.13. The minimum Gasteiger partial charge on any atom is -0.496 e. The smallest absolute Gasteiger partial charge is 0.255 e. The number of benzene rings is 3. The van der Waals surface area contributed by atoms with Crippen LogP contribution in [0.2, 0.25) is 0 Å². The third kappa shape index (κ3) is 5.26. The lowest BCUT2D eigenvalue weighted by molar-refractivity contribution is 0.0964. The second kappa shape index (κ2) is 11.1. The first-order valence-electron chi connectivity index (χ1n) is 13.4. The van der Waals surface area contributed by atoms with Gasteiger partial charge >= 0.3 is 0 Å². The first kappa shape index (κ1) is 28.8. The second-order valence-corrected chi connectivity index (χ2v) is 13.2. The first-order valence-corrected chi connectivity index (χ1v) is 16.0. The summed E-state index contributed by atoms with van der Waals surface area (Å²) in [6.07, 6.45) is 1.84.